The zero-order valence-corrected chi connectivity index (χ0v) is 69.7. The quantitative estimate of drug-likeness (QED) is 0.0103. The van der Waals surface area contributed by atoms with Crippen molar-refractivity contribution in [2.45, 2.75) is 80.1 Å². The predicted molar refractivity (Wildman–Crippen MR) is 382 cm³/mol. The zero-order chi connectivity index (χ0) is 80.2. The van der Waals surface area contributed by atoms with E-state index in [9.17, 15) is 83.1 Å². The minimum Gasteiger partial charge on any atom is -0.478 e. The molecule has 2 amide bonds. The molecule has 585 valence electrons. The monoisotopic (exact) mass is 2000 g/mol. The number of halogens is 9. The Bertz CT molecular complexity index is 4630. The number of carbonyl (C=O) groups excluding carboxylic acids is 9. The SMILES string of the molecule is CC(=O)Oc1ccc(-c2ccc(F)cc2F)cc1C(=O)NCCCO.CC(=O)Oc1ccc(-c2ccc(F)cc2F)cc1C(=O)O.CC/C=C\CC(=O)Cl.CC/C=C\CC(=O)OCCCNC(=O)c1cc(-c2ccc(F)cc2F)ccc1OC(C)=O.COC(=O)c1cc(-c2ccc(F)cc2F)ccc1OC(C)=O.[U].[V].[W]. The van der Waals surface area contributed by atoms with Gasteiger partial charge in [-0.25, -0.2) is 44.7 Å². The molecule has 0 spiro atoms. The van der Waals surface area contributed by atoms with E-state index in [1.165, 1.54) is 119 Å². The predicted octanol–water partition coefficient (Wildman–Crippen LogP) is 15.9. The Hall–Kier alpha value is -9.85. The number of hydrogen-bond acceptors (Lipinski definition) is 17. The fraction of sp³-hybridized carbons (Fsp3) is 0.215. The number of methoxy groups -OCH3 is 1. The molecule has 0 fully saturated rings. The number of amides is 2. The average molecular weight is 2000 g/mol. The summed E-state index contributed by atoms with van der Waals surface area (Å²) in [6.07, 6.45) is 10.4. The van der Waals surface area contributed by atoms with Crippen LogP contribution in [0, 0.1) is 77.7 Å². The molecule has 0 unspecified atom stereocenters. The van der Waals surface area contributed by atoms with Crippen LogP contribution in [0.5, 0.6) is 23.0 Å². The van der Waals surface area contributed by atoms with Gasteiger partial charge in [-0.2, -0.15) is 0 Å². The number of carboxylic acids is 1. The Morgan fingerprint density at radius 2 is 0.739 bits per heavy atom. The molecule has 0 heterocycles. The summed E-state index contributed by atoms with van der Waals surface area (Å²) in [7, 11) is 1.17. The third-order valence-electron chi connectivity index (χ3n) is 13.9. The molecule has 0 saturated carbocycles. The summed E-state index contributed by atoms with van der Waals surface area (Å²) in [5, 5.41) is 22.8. The van der Waals surface area contributed by atoms with Crippen LogP contribution < -0.4 is 29.6 Å². The average Bonchev–Trinajstić information content (AvgIpc) is 0.827. The normalized spacial score (nSPS) is 10.1. The molecular weight excluding hydrogens is 1930 g/mol. The van der Waals surface area contributed by atoms with Crippen molar-refractivity contribution < 1.29 is 192 Å². The van der Waals surface area contributed by atoms with Crippen LogP contribution in [-0.2, 0) is 77.9 Å². The molecule has 8 aromatic carbocycles. The number of allylic oxidation sites excluding steroid dienone is 3. The number of esters is 6. The number of carboxylic acid groups (broad SMARTS) is 1. The van der Waals surface area contributed by atoms with E-state index < -0.39 is 94.2 Å². The van der Waals surface area contributed by atoms with Crippen LogP contribution >= 0.6 is 11.6 Å². The summed E-state index contributed by atoms with van der Waals surface area (Å²) in [6, 6.07) is 28.7. The third kappa shape index (κ3) is 34.5. The Morgan fingerprint density at radius 3 is 1.04 bits per heavy atom. The van der Waals surface area contributed by atoms with E-state index in [0.717, 1.165) is 68.3 Å². The number of aliphatic hydroxyl groups excluding tert-OH is 1. The van der Waals surface area contributed by atoms with Gasteiger partial charge < -0.3 is 49.3 Å². The minimum atomic E-state index is -1.32. The van der Waals surface area contributed by atoms with Crippen molar-refractivity contribution in [2.75, 3.05) is 33.4 Å². The number of aromatic carboxylic acids is 1. The molecule has 0 aliphatic rings. The number of carbonyl (C=O) groups is 10. The van der Waals surface area contributed by atoms with Crippen LogP contribution in [0.3, 0.4) is 0 Å². The van der Waals surface area contributed by atoms with E-state index in [0.29, 0.717) is 42.0 Å². The molecule has 0 aromatic heterocycles. The topological polar surface area (TPSA) is 291 Å². The van der Waals surface area contributed by atoms with Gasteiger partial charge in [-0.1, -0.05) is 62.4 Å². The molecule has 4 N–H and O–H groups in total. The van der Waals surface area contributed by atoms with Gasteiger partial charge in [-0.05, 0) is 157 Å². The minimum absolute atomic E-state index is 0. The van der Waals surface area contributed by atoms with Gasteiger partial charge in [-0.3, -0.25) is 38.4 Å². The Balaban J connectivity index is 0.000000716. The molecule has 20 nitrogen and oxygen atoms in total. The number of benzene rings is 8. The number of aliphatic hydroxyl groups is 1. The van der Waals surface area contributed by atoms with Gasteiger partial charge in [-0.15, -0.1) is 0 Å². The van der Waals surface area contributed by atoms with Gasteiger partial charge in [0, 0.05) is 171 Å². The van der Waals surface area contributed by atoms with Gasteiger partial charge in [0.1, 0.15) is 80.7 Å². The van der Waals surface area contributed by atoms with E-state index in [1.54, 1.807) is 12.2 Å². The maximum atomic E-state index is 14.2. The van der Waals surface area contributed by atoms with Gasteiger partial charge >= 0.3 is 41.8 Å². The van der Waals surface area contributed by atoms with Crippen molar-refractivity contribution in [1.29, 1.82) is 0 Å². The van der Waals surface area contributed by atoms with Crippen LogP contribution in [0.15, 0.2) is 170 Å². The number of nitrogens with one attached hydrogen (secondary N) is 2. The second kappa shape index (κ2) is 51.6. The smallest absolute Gasteiger partial charge is 0.341 e. The van der Waals surface area contributed by atoms with Gasteiger partial charge in [0.25, 0.3) is 11.8 Å². The second-order valence-corrected chi connectivity index (χ2v) is 22.6. The van der Waals surface area contributed by atoms with Gasteiger partial charge in [0.2, 0.25) is 5.24 Å². The summed E-state index contributed by atoms with van der Waals surface area (Å²) in [5.41, 5.74) is 1.32. The van der Waals surface area contributed by atoms with E-state index in [2.05, 4.69) is 15.4 Å². The molecule has 0 saturated heterocycles. The van der Waals surface area contributed by atoms with Crippen molar-refractivity contribution >= 4 is 70.4 Å². The van der Waals surface area contributed by atoms with Crippen LogP contribution in [-0.4, -0.2) is 102 Å². The largest absolute Gasteiger partial charge is 0.478 e. The summed E-state index contributed by atoms with van der Waals surface area (Å²) in [4.78, 5) is 114. The number of rotatable bonds is 25. The molecule has 32 heteroatoms. The van der Waals surface area contributed by atoms with E-state index in [-0.39, 0.29) is 188 Å². The van der Waals surface area contributed by atoms with E-state index >= 15 is 0 Å². The standard InChI is InChI=1S/C24H25F2NO5.C18H17F2NO4.C16H12F2O4.C15H10F2O4.C6H9ClO.U.V.W/c1-3-4-5-7-23(29)31-13-6-12-27-24(30)20-14-17(8-11-22(20)32-16(2)28)19-10-9-18(25)15-21(19)26;1-11(23)25-17-6-3-12(14-5-4-13(19)10-16(14)20)9-15(17)18(24)21-7-2-8-22;1-9(19)22-15-6-3-10(7-13(15)16(20)21-2)12-5-4-11(17)8-14(12)18;1-8(18)21-14-5-2-9(6-12(14)15(19)20)11-4-3-10(16)7-13(11)17;1-2-3-4-5-6(7)8;;;/h4-5,8-11,14-15H,3,6-7,12-13H2,1-2H3,(H,27,30);3-6,9-10,22H,2,7-8H2,1H3,(H,21,24);3-8H,1-2H3;2-7H,1H3,(H,19,20);3-4H,2,5H2,1H3;;;/b5-4-;;;;4-3-;;;. The fourth-order valence-corrected chi connectivity index (χ4v) is 9.22. The van der Waals surface area contributed by atoms with Crippen molar-refractivity contribution in [2.24, 2.45) is 0 Å². The van der Waals surface area contributed by atoms with Gasteiger partial charge in [0.05, 0.1) is 31.3 Å². The number of ether oxygens (including phenoxy) is 6. The summed E-state index contributed by atoms with van der Waals surface area (Å²) >= 11 is 5.02. The summed E-state index contributed by atoms with van der Waals surface area (Å²) < 4.78 is 137. The van der Waals surface area contributed by atoms with Gasteiger partial charge in [0.15, 0.2) is 0 Å². The van der Waals surface area contributed by atoms with Crippen LogP contribution in [0.2, 0.25) is 0 Å². The number of hydrogen-bond donors (Lipinski definition) is 4. The molecule has 0 aliphatic carbocycles. The van der Waals surface area contributed by atoms with Crippen LogP contribution in [0.4, 0.5) is 35.1 Å². The van der Waals surface area contributed by atoms with E-state index in [1.807, 2.05) is 26.0 Å². The maximum Gasteiger partial charge on any atom is 0.341 e. The molecule has 111 heavy (non-hydrogen) atoms. The fourth-order valence-electron chi connectivity index (χ4n) is 9.13. The van der Waals surface area contributed by atoms with Crippen LogP contribution in [0.25, 0.3) is 44.5 Å². The first-order valence-electron chi connectivity index (χ1n) is 32.6. The van der Waals surface area contributed by atoms with E-state index in [4.69, 9.17) is 45.5 Å². The van der Waals surface area contributed by atoms with Crippen molar-refractivity contribution in [1.82, 2.24) is 10.6 Å². The Kier molecular flexibility index (Phi) is 46.1. The zero-order valence-electron chi connectivity index (χ0n) is 60.4. The molecule has 0 atom stereocenters. The van der Waals surface area contributed by atoms with Crippen molar-refractivity contribution in [3.05, 3.63) is 239 Å². The molecule has 1 radical (unpaired) electrons. The molecular formula is C79H73ClF8N2O18UVW. The second-order valence-electron chi connectivity index (χ2n) is 22.2. The third-order valence-corrected chi connectivity index (χ3v) is 14.0. The molecule has 8 aromatic rings. The molecule has 0 aliphatic heterocycles. The first kappa shape index (κ1) is 99.2. The first-order chi connectivity index (χ1) is 51.3. The first-order valence-corrected chi connectivity index (χ1v) is 32.9. The van der Waals surface area contributed by atoms with Crippen molar-refractivity contribution in [3.63, 3.8) is 0 Å². The van der Waals surface area contributed by atoms with Crippen LogP contribution in [0.1, 0.15) is 121 Å². The maximum absolute atomic E-state index is 14.2. The summed E-state index contributed by atoms with van der Waals surface area (Å²) in [6.45, 7) is 9.16. The summed E-state index contributed by atoms with van der Waals surface area (Å²) in [5.74, 6) is -12.1. The Morgan fingerprint density at radius 1 is 0.432 bits per heavy atom. The molecule has 0 bridgehead atoms. The Labute approximate surface area is 688 Å². The van der Waals surface area contributed by atoms with Crippen molar-refractivity contribution in [3.8, 4) is 67.5 Å². The molecule has 8 rings (SSSR count).